The first kappa shape index (κ1) is 13.5. The molecule has 0 aromatic rings. The second-order valence-electron chi connectivity index (χ2n) is 4.95. The SMILES string of the molecule is CC(O)CCC(=O)N(C)C1CCCN(C)C1. The second-order valence-corrected chi connectivity index (χ2v) is 4.95. The van der Waals surface area contributed by atoms with Crippen LogP contribution >= 0.6 is 0 Å². The van der Waals surface area contributed by atoms with E-state index >= 15 is 0 Å². The number of likely N-dealkylation sites (tertiary alicyclic amines) is 1. The van der Waals surface area contributed by atoms with Gasteiger partial charge in [-0.05, 0) is 39.8 Å². The van der Waals surface area contributed by atoms with Gasteiger partial charge in [-0.25, -0.2) is 0 Å². The summed E-state index contributed by atoms with van der Waals surface area (Å²) >= 11 is 0. The van der Waals surface area contributed by atoms with Crippen LogP contribution in [-0.4, -0.2) is 60.1 Å². The molecule has 0 saturated carbocycles. The van der Waals surface area contributed by atoms with Crippen LogP contribution < -0.4 is 0 Å². The normalized spacial score (nSPS) is 24.1. The largest absolute Gasteiger partial charge is 0.393 e. The molecule has 16 heavy (non-hydrogen) atoms. The number of piperidine rings is 1. The standard InChI is InChI=1S/C12H24N2O2/c1-10(15)6-7-12(16)14(3)11-5-4-8-13(2)9-11/h10-11,15H,4-9H2,1-3H3. The number of aliphatic hydroxyl groups is 1. The summed E-state index contributed by atoms with van der Waals surface area (Å²) < 4.78 is 0. The third kappa shape index (κ3) is 4.10. The van der Waals surface area contributed by atoms with Gasteiger partial charge in [-0.15, -0.1) is 0 Å². The number of nitrogens with zero attached hydrogens (tertiary/aromatic N) is 2. The molecule has 1 fully saturated rings. The van der Waals surface area contributed by atoms with E-state index in [2.05, 4.69) is 11.9 Å². The van der Waals surface area contributed by atoms with Crippen molar-refractivity contribution in [2.75, 3.05) is 27.2 Å². The van der Waals surface area contributed by atoms with Crippen LogP contribution in [0.5, 0.6) is 0 Å². The van der Waals surface area contributed by atoms with Crippen LogP contribution in [0.15, 0.2) is 0 Å². The van der Waals surface area contributed by atoms with Crippen LogP contribution in [-0.2, 0) is 4.79 Å². The Kier molecular flexibility index (Phi) is 5.22. The molecule has 1 amide bonds. The molecular formula is C12H24N2O2. The quantitative estimate of drug-likeness (QED) is 0.770. The molecule has 2 unspecified atom stereocenters. The molecule has 0 aromatic heterocycles. The molecule has 4 nitrogen and oxygen atoms in total. The molecule has 0 radical (unpaired) electrons. The Morgan fingerprint density at radius 3 is 2.88 bits per heavy atom. The fourth-order valence-electron chi connectivity index (χ4n) is 2.17. The van der Waals surface area contributed by atoms with Crippen molar-refractivity contribution in [3.05, 3.63) is 0 Å². The Morgan fingerprint density at radius 1 is 1.62 bits per heavy atom. The zero-order valence-electron chi connectivity index (χ0n) is 10.6. The van der Waals surface area contributed by atoms with Gasteiger partial charge in [0.25, 0.3) is 0 Å². The number of carbonyl (C=O) groups is 1. The van der Waals surface area contributed by atoms with Crippen molar-refractivity contribution in [3.8, 4) is 0 Å². The molecule has 1 rings (SSSR count). The Bertz CT molecular complexity index is 231. The molecule has 1 heterocycles. The first-order valence-corrected chi connectivity index (χ1v) is 6.13. The molecule has 0 aromatic carbocycles. The summed E-state index contributed by atoms with van der Waals surface area (Å²) in [7, 11) is 3.98. The summed E-state index contributed by atoms with van der Waals surface area (Å²) in [6.07, 6.45) is 2.89. The van der Waals surface area contributed by atoms with Crippen molar-refractivity contribution in [2.45, 2.75) is 44.8 Å². The van der Waals surface area contributed by atoms with E-state index in [0.29, 0.717) is 18.9 Å². The fraction of sp³-hybridized carbons (Fsp3) is 0.917. The highest BCUT2D eigenvalue weighted by atomic mass is 16.3. The average Bonchev–Trinajstić information content (AvgIpc) is 2.24. The predicted octanol–water partition coefficient (Wildman–Crippen LogP) is 0.700. The van der Waals surface area contributed by atoms with Crippen molar-refractivity contribution in [1.29, 1.82) is 0 Å². The summed E-state index contributed by atoms with van der Waals surface area (Å²) in [5.41, 5.74) is 0. The van der Waals surface area contributed by atoms with E-state index in [1.54, 1.807) is 6.92 Å². The molecule has 2 atom stereocenters. The zero-order valence-corrected chi connectivity index (χ0v) is 10.6. The van der Waals surface area contributed by atoms with Crippen molar-refractivity contribution in [1.82, 2.24) is 9.80 Å². The summed E-state index contributed by atoms with van der Waals surface area (Å²) in [6.45, 7) is 3.82. The number of aliphatic hydroxyl groups excluding tert-OH is 1. The van der Waals surface area contributed by atoms with Gasteiger partial charge in [0.2, 0.25) is 5.91 Å². The lowest BCUT2D eigenvalue weighted by Gasteiger charge is -2.36. The van der Waals surface area contributed by atoms with E-state index in [4.69, 9.17) is 5.11 Å². The number of carbonyl (C=O) groups excluding carboxylic acids is 1. The predicted molar refractivity (Wildman–Crippen MR) is 64.2 cm³/mol. The molecule has 4 heteroatoms. The third-order valence-corrected chi connectivity index (χ3v) is 3.32. The molecule has 1 N–H and O–H groups in total. The van der Waals surface area contributed by atoms with Gasteiger partial charge < -0.3 is 14.9 Å². The topological polar surface area (TPSA) is 43.8 Å². The summed E-state index contributed by atoms with van der Waals surface area (Å²) in [5.74, 6) is 0.154. The van der Waals surface area contributed by atoms with E-state index in [1.807, 2.05) is 11.9 Å². The van der Waals surface area contributed by atoms with Crippen LogP contribution in [0.2, 0.25) is 0 Å². The van der Waals surface area contributed by atoms with Gasteiger partial charge in [0.15, 0.2) is 0 Å². The van der Waals surface area contributed by atoms with E-state index in [9.17, 15) is 4.79 Å². The monoisotopic (exact) mass is 228 g/mol. The molecule has 1 saturated heterocycles. The maximum Gasteiger partial charge on any atom is 0.222 e. The molecule has 0 aliphatic carbocycles. The average molecular weight is 228 g/mol. The Hall–Kier alpha value is -0.610. The third-order valence-electron chi connectivity index (χ3n) is 3.32. The maximum atomic E-state index is 11.8. The molecule has 1 aliphatic rings. The molecular weight excluding hydrogens is 204 g/mol. The van der Waals surface area contributed by atoms with Crippen LogP contribution in [0.4, 0.5) is 0 Å². The molecule has 1 aliphatic heterocycles. The number of hydrogen-bond acceptors (Lipinski definition) is 3. The number of hydrogen-bond donors (Lipinski definition) is 1. The summed E-state index contributed by atoms with van der Waals surface area (Å²) in [5, 5.41) is 9.16. The van der Waals surface area contributed by atoms with Gasteiger partial charge in [0, 0.05) is 26.1 Å². The highest BCUT2D eigenvalue weighted by Gasteiger charge is 2.24. The van der Waals surface area contributed by atoms with Gasteiger partial charge in [0.1, 0.15) is 0 Å². The van der Waals surface area contributed by atoms with Gasteiger partial charge in [-0.1, -0.05) is 0 Å². The Morgan fingerprint density at radius 2 is 2.31 bits per heavy atom. The fourth-order valence-corrected chi connectivity index (χ4v) is 2.17. The number of amides is 1. The van der Waals surface area contributed by atoms with E-state index < -0.39 is 0 Å². The van der Waals surface area contributed by atoms with Gasteiger partial charge in [0.05, 0.1) is 6.10 Å². The maximum absolute atomic E-state index is 11.8. The lowest BCUT2D eigenvalue weighted by atomic mass is 10.0. The lowest BCUT2D eigenvalue weighted by Crippen LogP contribution is -2.47. The minimum Gasteiger partial charge on any atom is -0.393 e. The highest BCUT2D eigenvalue weighted by Crippen LogP contribution is 2.14. The van der Waals surface area contributed by atoms with Gasteiger partial charge in [-0.2, -0.15) is 0 Å². The van der Waals surface area contributed by atoms with Crippen molar-refractivity contribution < 1.29 is 9.90 Å². The van der Waals surface area contributed by atoms with Gasteiger partial charge >= 0.3 is 0 Å². The van der Waals surface area contributed by atoms with E-state index in [-0.39, 0.29) is 12.0 Å². The minimum atomic E-state index is -0.383. The van der Waals surface area contributed by atoms with Crippen molar-refractivity contribution in [2.24, 2.45) is 0 Å². The molecule has 0 spiro atoms. The minimum absolute atomic E-state index is 0.154. The van der Waals surface area contributed by atoms with Crippen LogP contribution in [0, 0.1) is 0 Å². The van der Waals surface area contributed by atoms with Crippen LogP contribution in [0.1, 0.15) is 32.6 Å². The summed E-state index contributed by atoms with van der Waals surface area (Å²) in [6, 6.07) is 0.347. The zero-order chi connectivity index (χ0) is 12.1. The van der Waals surface area contributed by atoms with Gasteiger partial charge in [-0.3, -0.25) is 4.79 Å². The number of rotatable bonds is 4. The van der Waals surface area contributed by atoms with E-state index in [0.717, 1.165) is 25.9 Å². The van der Waals surface area contributed by atoms with Crippen molar-refractivity contribution >= 4 is 5.91 Å². The Labute approximate surface area is 98.2 Å². The van der Waals surface area contributed by atoms with Crippen LogP contribution in [0.3, 0.4) is 0 Å². The second kappa shape index (κ2) is 6.21. The highest BCUT2D eigenvalue weighted by molar-refractivity contribution is 5.76. The first-order chi connectivity index (χ1) is 7.50. The lowest BCUT2D eigenvalue weighted by molar-refractivity contribution is -0.133. The number of likely N-dealkylation sites (N-methyl/N-ethyl adjacent to an activating group) is 2. The van der Waals surface area contributed by atoms with Crippen LogP contribution in [0.25, 0.3) is 0 Å². The van der Waals surface area contributed by atoms with E-state index in [1.165, 1.54) is 0 Å². The molecule has 94 valence electrons. The smallest absolute Gasteiger partial charge is 0.222 e. The van der Waals surface area contributed by atoms with Crippen molar-refractivity contribution in [3.63, 3.8) is 0 Å². The summed E-state index contributed by atoms with van der Waals surface area (Å²) in [4.78, 5) is 16.0. The molecule has 0 bridgehead atoms. The first-order valence-electron chi connectivity index (χ1n) is 6.13. The Balaban J connectivity index is 2.37.